The van der Waals surface area contributed by atoms with Gasteiger partial charge in [-0.1, -0.05) is 0 Å². The Hall–Kier alpha value is -7.02. The zero-order valence-corrected chi connectivity index (χ0v) is 32.9. The number of nitrogens with zero attached hydrogens (tertiary/aromatic N) is 3. The van der Waals surface area contributed by atoms with Crippen LogP contribution in [0.2, 0.25) is 0 Å². The summed E-state index contributed by atoms with van der Waals surface area (Å²) < 4.78 is 14.3. The van der Waals surface area contributed by atoms with Crippen molar-refractivity contribution in [2.24, 2.45) is 0 Å². The van der Waals surface area contributed by atoms with Crippen molar-refractivity contribution in [2.45, 2.75) is 0 Å². The first-order valence-electron chi connectivity index (χ1n) is 19.4. The maximum atomic E-state index is 6.50. The van der Waals surface area contributed by atoms with Crippen LogP contribution in [0.3, 0.4) is 0 Å². The normalized spacial score (nSPS) is 13.1. The average Bonchev–Trinajstić information content (AvgIpc) is 3.93. The molecule has 0 amide bonds. The molecular weight excluding hydrogens is 755 g/mol. The Morgan fingerprint density at radius 2 is 1.05 bits per heavy atom. The van der Waals surface area contributed by atoms with E-state index in [1.807, 2.05) is 12.1 Å². The van der Waals surface area contributed by atoms with Gasteiger partial charge in [0.05, 0.1) is 0 Å². The third-order valence-electron chi connectivity index (χ3n) is 11.9. The molecule has 0 spiro atoms. The van der Waals surface area contributed by atoms with E-state index in [9.17, 15) is 0 Å². The van der Waals surface area contributed by atoms with E-state index in [0.29, 0.717) is 0 Å². The Morgan fingerprint density at radius 3 is 1.77 bits per heavy atom. The van der Waals surface area contributed by atoms with Crippen LogP contribution in [0, 0.1) is 0 Å². The molecule has 0 unspecified atom stereocenters. The Balaban J connectivity index is 1.25. The molecule has 3 aromatic heterocycles. The summed E-state index contributed by atoms with van der Waals surface area (Å²) in [5.74, 6) is 0.735. The van der Waals surface area contributed by atoms with Crippen LogP contribution >= 0.6 is 0 Å². The summed E-state index contributed by atoms with van der Waals surface area (Å²) in [5, 5.41) is 4.67. The fourth-order valence-corrected chi connectivity index (χ4v) is 20.6. The van der Waals surface area contributed by atoms with Gasteiger partial charge in [-0.25, -0.2) is 0 Å². The molecule has 1 aliphatic heterocycles. The molecule has 0 atom stereocenters. The first-order valence-corrected chi connectivity index (χ1v) is 23.6. The molecule has 0 radical (unpaired) electrons. The van der Waals surface area contributed by atoms with E-state index in [1.165, 1.54) is 33.9 Å². The van der Waals surface area contributed by atoms with Gasteiger partial charge >= 0.3 is 333 Å². The van der Waals surface area contributed by atoms with Crippen LogP contribution in [0.25, 0.3) is 83.3 Å². The van der Waals surface area contributed by atoms with E-state index in [0.717, 1.165) is 67.0 Å². The summed E-state index contributed by atoms with van der Waals surface area (Å²) in [6.07, 6.45) is 0. The third-order valence-corrected chi connectivity index (χ3v) is 22.0. The molecule has 11 aromatic rings. The number of furan rings is 1. The van der Waals surface area contributed by atoms with Gasteiger partial charge in [-0.2, -0.15) is 0 Å². The Kier molecular flexibility index (Phi) is 7.07. The van der Waals surface area contributed by atoms with E-state index in [2.05, 4.69) is 193 Å². The van der Waals surface area contributed by atoms with Crippen molar-refractivity contribution < 1.29 is 4.42 Å². The van der Waals surface area contributed by atoms with Crippen molar-refractivity contribution in [3.8, 4) is 39.6 Å². The van der Waals surface area contributed by atoms with Crippen LogP contribution in [0.1, 0.15) is 0 Å². The predicted octanol–water partition coefficient (Wildman–Crippen LogP) is 10.2. The molecule has 12 rings (SSSR count). The fraction of sp³-hybridized carbons (Fsp3) is 0. The van der Waals surface area contributed by atoms with Gasteiger partial charge in [-0.3, -0.25) is 0 Å². The summed E-state index contributed by atoms with van der Waals surface area (Å²) in [5.41, 5.74) is 10.5. The summed E-state index contributed by atoms with van der Waals surface area (Å²) in [6, 6.07) is 72.2. The van der Waals surface area contributed by atoms with Crippen molar-refractivity contribution in [1.29, 1.82) is 0 Å². The van der Waals surface area contributed by atoms with Crippen molar-refractivity contribution in [3.05, 3.63) is 200 Å². The number of para-hydroxylation sites is 2. The van der Waals surface area contributed by atoms with Crippen molar-refractivity contribution in [2.75, 3.05) is 0 Å². The second-order valence-corrected chi connectivity index (χ2v) is 22.6. The average molecular weight is 788 g/mol. The van der Waals surface area contributed by atoms with Crippen LogP contribution in [0.5, 0.6) is 0 Å². The Morgan fingerprint density at radius 1 is 0.456 bits per heavy atom. The van der Waals surface area contributed by atoms with E-state index < -0.39 is 13.3 Å². The zero-order valence-electron chi connectivity index (χ0n) is 30.8. The van der Waals surface area contributed by atoms with Crippen LogP contribution in [-0.2, 0) is 0 Å². The van der Waals surface area contributed by atoms with Crippen LogP contribution in [-0.4, -0.2) is 27.8 Å². The first kappa shape index (κ1) is 32.2. The molecule has 4 heterocycles. The maximum absolute atomic E-state index is 6.50. The standard InChI is InChI=1S/C52H33GeN3O/c1-5-17-34(18-6-1)49-48-50(55-52(54-49)35-19-7-2-8-20-35)41-30-29-38(33-43(41)53(48,36-21-9-3-10-22-36)37-23-11-4-12-24-37)56-44-27-15-13-25-39(44)40-31-32-46-47(51(40)56)42-26-14-16-28-45(42)57-46/h1-33H. The van der Waals surface area contributed by atoms with Gasteiger partial charge in [0, 0.05) is 0 Å². The molecule has 0 bridgehead atoms. The number of fused-ring (bicyclic) bond motifs is 10. The minimum atomic E-state index is -3.92. The topological polar surface area (TPSA) is 43.9 Å². The predicted molar refractivity (Wildman–Crippen MR) is 237 cm³/mol. The molecule has 5 heteroatoms. The molecule has 0 fully saturated rings. The molecule has 266 valence electrons. The number of rotatable bonds is 5. The summed E-state index contributed by atoms with van der Waals surface area (Å²) in [7, 11) is 0. The van der Waals surface area contributed by atoms with Gasteiger partial charge in [-0.15, -0.1) is 0 Å². The SMILES string of the molecule is c1ccc(-c2nc(-c3ccccc3)[c]3c(n2)-c2ccc(-n4c5ccccc5c5ccc6oc7ccccc7c6c54)c[c]2[Ge]3([c]2ccccc2)[c]2ccccc2)cc1. The molecular formula is C52H33GeN3O. The molecule has 0 aliphatic carbocycles. The number of hydrogen-bond donors (Lipinski definition) is 0. The second-order valence-electron chi connectivity index (χ2n) is 14.8. The minimum absolute atomic E-state index is 0.735. The summed E-state index contributed by atoms with van der Waals surface area (Å²) >= 11 is -3.92. The quantitative estimate of drug-likeness (QED) is 0.163. The first-order chi connectivity index (χ1) is 28.3. The Bertz CT molecular complexity index is 3300. The molecule has 1 aliphatic rings. The fourth-order valence-electron chi connectivity index (χ4n) is 9.53. The monoisotopic (exact) mass is 789 g/mol. The number of aromatic nitrogens is 3. The second kappa shape index (κ2) is 12.5. The molecule has 57 heavy (non-hydrogen) atoms. The van der Waals surface area contributed by atoms with E-state index in [-0.39, 0.29) is 0 Å². The van der Waals surface area contributed by atoms with Gasteiger partial charge in [0.15, 0.2) is 0 Å². The van der Waals surface area contributed by atoms with Crippen LogP contribution in [0.15, 0.2) is 205 Å². The zero-order chi connectivity index (χ0) is 37.5. The van der Waals surface area contributed by atoms with E-state index in [4.69, 9.17) is 14.4 Å². The molecule has 0 saturated carbocycles. The van der Waals surface area contributed by atoms with Crippen molar-refractivity contribution in [1.82, 2.24) is 14.5 Å². The number of benzene rings is 8. The number of hydrogen-bond acceptors (Lipinski definition) is 3. The van der Waals surface area contributed by atoms with E-state index >= 15 is 0 Å². The Labute approximate surface area is 331 Å². The van der Waals surface area contributed by atoms with Gasteiger partial charge in [-0.05, 0) is 0 Å². The van der Waals surface area contributed by atoms with Crippen LogP contribution in [0.4, 0.5) is 0 Å². The van der Waals surface area contributed by atoms with E-state index in [1.54, 1.807) is 0 Å². The van der Waals surface area contributed by atoms with Gasteiger partial charge < -0.3 is 0 Å². The molecule has 4 nitrogen and oxygen atoms in total. The van der Waals surface area contributed by atoms with Gasteiger partial charge in [0.25, 0.3) is 0 Å². The van der Waals surface area contributed by atoms with Crippen molar-refractivity contribution in [3.63, 3.8) is 0 Å². The van der Waals surface area contributed by atoms with Gasteiger partial charge in [0.2, 0.25) is 0 Å². The summed E-state index contributed by atoms with van der Waals surface area (Å²) in [6.45, 7) is 0. The molecule has 8 aromatic carbocycles. The molecule has 0 saturated heterocycles. The van der Waals surface area contributed by atoms with Crippen molar-refractivity contribution >= 4 is 74.6 Å². The van der Waals surface area contributed by atoms with Crippen LogP contribution < -0.4 is 17.6 Å². The third kappa shape index (κ3) is 4.62. The summed E-state index contributed by atoms with van der Waals surface area (Å²) in [4.78, 5) is 11.1. The van der Waals surface area contributed by atoms with Gasteiger partial charge in [0.1, 0.15) is 0 Å². The molecule has 0 N–H and O–H groups in total.